The maximum absolute atomic E-state index is 10.7. The molecule has 0 spiro atoms. The van der Waals surface area contributed by atoms with Gasteiger partial charge >= 0.3 is 0 Å². The Bertz CT molecular complexity index is 160. The lowest BCUT2D eigenvalue weighted by Crippen LogP contribution is -2.29. The monoisotopic (exact) mass is 185 g/mol. The predicted octanol–water partition coefficient (Wildman–Crippen LogP) is 0.401. The van der Waals surface area contributed by atoms with Crippen molar-refractivity contribution < 1.29 is 8.42 Å². The fraction of sp³-hybridized carbons (Fsp3) is 1.00. The van der Waals surface area contributed by atoms with Crippen LogP contribution in [0.25, 0.3) is 0 Å². The molecule has 0 aliphatic rings. The first-order valence-electron chi connectivity index (χ1n) is 2.97. The Kier molecular flexibility index (Phi) is 6.43. The van der Waals surface area contributed by atoms with Crippen LogP contribution in [0.3, 0.4) is 0 Å². The Morgan fingerprint density at radius 2 is 1.50 bits per heavy atom. The first-order chi connectivity index (χ1) is 4.02. The average molecular weight is 185 g/mol. The molecule has 0 amide bonds. The Balaban J connectivity index is 0. The molecule has 0 aliphatic heterocycles. The van der Waals surface area contributed by atoms with Crippen LogP contribution in [0, 0.1) is 0 Å². The highest BCUT2D eigenvalue weighted by Crippen LogP contribution is 1.93. The lowest BCUT2D eigenvalue weighted by Gasteiger charge is -2.13. The molecule has 0 atom stereocenters. The van der Waals surface area contributed by atoms with E-state index in [0.717, 1.165) is 0 Å². The minimum atomic E-state index is -2.93. The zero-order valence-corrected chi connectivity index (χ0v) is 8.40. The van der Waals surface area contributed by atoms with Gasteiger partial charge in [0.05, 0.1) is 6.26 Å². The summed E-state index contributed by atoms with van der Waals surface area (Å²) < 4.78 is 22.8. The molecule has 0 aliphatic carbocycles. The topological polar surface area (TPSA) is 37.4 Å². The van der Waals surface area contributed by atoms with E-state index in [1.807, 2.05) is 13.8 Å². The van der Waals surface area contributed by atoms with Crippen LogP contribution in [-0.2, 0) is 10.0 Å². The van der Waals surface area contributed by atoms with E-state index in [-0.39, 0.29) is 13.5 Å². The summed E-state index contributed by atoms with van der Waals surface area (Å²) in [5.41, 5.74) is 0. The SMILES string of the molecule is CCN(CC)S(C)(=O)=O.S. The maximum atomic E-state index is 10.7. The second kappa shape index (κ2) is 4.98. The summed E-state index contributed by atoms with van der Waals surface area (Å²) in [5, 5.41) is 0. The standard InChI is InChI=1S/C5H13NO2S.H2S/c1-4-6(5-2)9(3,7)8;/h4-5H2,1-3H3;1H2. The van der Waals surface area contributed by atoms with E-state index in [4.69, 9.17) is 0 Å². The van der Waals surface area contributed by atoms with Crippen LogP contribution in [0.1, 0.15) is 13.8 Å². The van der Waals surface area contributed by atoms with Crippen molar-refractivity contribution in [1.29, 1.82) is 0 Å². The molecule has 10 heavy (non-hydrogen) atoms. The average Bonchev–Trinajstić information content (AvgIpc) is 1.65. The van der Waals surface area contributed by atoms with E-state index in [9.17, 15) is 8.42 Å². The van der Waals surface area contributed by atoms with Gasteiger partial charge in [-0.05, 0) is 0 Å². The molecule has 64 valence electrons. The van der Waals surface area contributed by atoms with Crippen LogP contribution in [0.5, 0.6) is 0 Å². The summed E-state index contributed by atoms with van der Waals surface area (Å²) in [6, 6.07) is 0. The first kappa shape index (κ1) is 12.9. The normalized spacial score (nSPS) is 11.2. The van der Waals surface area contributed by atoms with E-state index >= 15 is 0 Å². The molecule has 0 bridgehead atoms. The van der Waals surface area contributed by atoms with Crippen molar-refractivity contribution >= 4 is 23.5 Å². The van der Waals surface area contributed by atoms with Gasteiger partial charge in [0.1, 0.15) is 0 Å². The number of sulfonamides is 1. The van der Waals surface area contributed by atoms with Crippen molar-refractivity contribution in [2.45, 2.75) is 13.8 Å². The predicted molar refractivity (Wildman–Crippen MR) is 48.1 cm³/mol. The van der Waals surface area contributed by atoms with Crippen molar-refractivity contribution in [2.24, 2.45) is 0 Å². The van der Waals surface area contributed by atoms with Crippen molar-refractivity contribution in [2.75, 3.05) is 19.3 Å². The zero-order valence-electron chi connectivity index (χ0n) is 6.59. The fourth-order valence-corrected chi connectivity index (χ4v) is 1.63. The molecule has 5 heteroatoms. The highest BCUT2D eigenvalue weighted by Gasteiger charge is 2.09. The summed E-state index contributed by atoms with van der Waals surface area (Å²) in [6.45, 7) is 4.78. The lowest BCUT2D eigenvalue weighted by molar-refractivity contribution is 0.450. The number of hydrogen-bond acceptors (Lipinski definition) is 2. The number of rotatable bonds is 3. The highest BCUT2D eigenvalue weighted by atomic mass is 32.2. The van der Waals surface area contributed by atoms with Crippen molar-refractivity contribution in [3.8, 4) is 0 Å². The maximum Gasteiger partial charge on any atom is 0.211 e. The van der Waals surface area contributed by atoms with Gasteiger partial charge in [0.25, 0.3) is 0 Å². The molecule has 0 aromatic carbocycles. The van der Waals surface area contributed by atoms with Crippen LogP contribution in [0.4, 0.5) is 0 Å². The minimum Gasteiger partial charge on any atom is -0.213 e. The van der Waals surface area contributed by atoms with Crippen molar-refractivity contribution in [3.63, 3.8) is 0 Å². The van der Waals surface area contributed by atoms with Gasteiger partial charge in [-0.3, -0.25) is 0 Å². The highest BCUT2D eigenvalue weighted by molar-refractivity contribution is 7.88. The molecule has 0 saturated carbocycles. The van der Waals surface area contributed by atoms with Crippen LogP contribution in [0.15, 0.2) is 0 Å². The molecular formula is C5H15NO2S2. The smallest absolute Gasteiger partial charge is 0.211 e. The molecule has 3 nitrogen and oxygen atoms in total. The molecule has 0 heterocycles. The molecule has 0 unspecified atom stereocenters. The number of hydrogen-bond donors (Lipinski definition) is 0. The second-order valence-corrected chi connectivity index (χ2v) is 3.83. The van der Waals surface area contributed by atoms with E-state index in [2.05, 4.69) is 0 Å². The van der Waals surface area contributed by atoms with E-state index in [1.165, 1.54) is 10.6 Å². The molecule has 0 fully saturated rings. The molecule has 0 N–H and O–H groups in total. The van der Waals surface area contributed by atoms with Gasteiger partial charge < -0.3 is 0 Å². The molecular weight excluding hydrogens is 170 g/mol. The van der Waals surface area contributed by atoms with Gasteiger partial charge in [-0.15, -0.1) is 0 Å². The quantitative estimate of drug-likeness (QED) is 0.638. The lowest BCUT2D eigenvalue weighted by atomic mass is 10.7. The Labute approximate surface area is 69.9 Å². The van der Waals surface area contributed by atoms with Crippen LogP contribution in [0.2, 0.25) is 0 Å². The van der Waals surface area contributed by atoms with E-state index in [1.54, 1.807) is 0 Å². The largest absolute Gasteiger partial charge is 0.213 e. The molecule has 0 rings (SSSR count). The zero-order chi connectivity index (χ0) is 7.49. The third kappa shape index (κ3) is 4.14. The second-order valence-electron chi connectivity index (χ2n) is 1.85. The molecule has 0 aromatic heterocycles. The summed E-state index contributed by atoms with van der Waals surface area (Å²) in [4.78, 5) is 0. The third-order valence-electron chi connectivity index (χ3n) is 1.17. The fourth-order valence-electron chi connectivity index (χ4n) is 0.693. The van der Waals surface area contributed by atoms with Crippen molar-refractivity contribution in [3.05, 3.63) is 0 Å². The van der Waals surface area contributed by atoms with Crippen LogP contribution in [-0.4, -0.2) is 32.1 Å². The van der Waals surface area contributed by atoms with Gasteiger partial charge in [-0.1, -0.05) is 13.8 Å². The summed E-state index contributed by atoms with van der Waals surface area (Å²) in [5.74, 6) is 0. The van der Waals surface area contributed by atoms with Gasteiger partial charge in [0, 0.05) is 13.1 Å². The Morgan fingerprint density at radius 1 is 1.20 bits per heavy atom. The molecule has 0 aromatic rings. The van der Waals surface area contributed by atoms with Gasteiger partial charge in [-0.2, -0.15) is 13.5 Å². The summed E-state index contributed by atoms with van der Waals surface area (Å²) >= 11 is 0. The third-order valence-corrected chi connectivity index (χ3v) is 2.63. The van der Waals surface area contributed by atoms with Crippen molar-refractivity contribution in [1.82, 2.24) is 4.31 Å². The summed E-state index contributed by atoms with van der Waals surface area (Å²) in [7, 11) is -2.93. The van der Waals surface area contributed by atoms with E-state index in [0.29, 0.717) is 13.1 Å². The summed E-state index contributed by atoms with van der Waals surface area (Å²) in [6.07, 6.45) is 1.22. The van der Waals surface area contributed by atoms with Gasteiger partial charge in [0.15, 0.2) is 0 Å². The molecule has 0 radical (unpaired) electrons. The minimum absolute atomic E-state index is 0. The molecule has 0 saturated heterocycles. The van der Waals surface area contributed by atoms with Crippen LogP contribution < -0.4 is 0 Å². The van der Waals surface area contributed by atoms with Crippen LogP contribution >= 0.6 is 13.5 Å². The van der Waals surface area contributed by atoms with Gasteiger partial charge in [0.2, 0.25) is 10.0 Å². The number of nitrogens with zero attached hydrogens (tertiary/aromatic N) is 1. The van der Waals surface area contributed by atoms with E-state index < -0.39 is 10.0 Å². The first-order valence-corrected chi connectivity index (χ1v) is 4.82. The Morgan fingerprint density at radius 3 is 1.50 bits per heavy atom. The van der Waals surface area contributed by atoms with Gasteiger partial charge in [-0.25, -0.2) is 12.7 Å². The Hall–Kier alpha value is 0.260.